The Bertz CT molecular complexity index is 562. The topological polar surface area (TPSA) is 53.1 Å². The Morgan fingerprint density at radius 2 is 1.79 bits per heavy atom. The first-order chi connectivity index (χ1) is 6.58. The zero-order valence-electron chi connectivity index (χ0n) is 6.84. The van der Waals surface area contributed by atoms with E-state index in [0.29, 0.717) is 20.9 Å². The smallest absolute Gasteiger partial charge is 0.252 e. The van der Waals surface area contributed by atoms with Crippen molar-refractivity contribution in [2.45, 2.75) is 0 Å². The predicted octanol–water partition coefficient (Wildman–Crippen LogP) is 2.54. The summed E-state index contributed by atoms with van der Waals surface area (Å²) in [5.74, 6) is -0.109. The van der Waals surface area contributed by atoms with Crippen molar-refractivity contribution >= 4 is 34.1 Å². The molecule has 2 N–H and O–H groups in total. The Hall–Kier alpha value is -1.19. The first-order valence-corrected chi connectivity index (χ1v) is 4.54. The van der Waals surface area contributed by atoms with Crippen molar-refractivity contribution in [2.24, 2.45) is 0 Å². The molecule has 0 saturated carbocycles. The van der Waals surface area contributed by atoms with Crippen LogP contribution in [0.3, 0.4) is 0 Å². The number of hydrogen-bond acceptors (Lipinski definition) is 2. The van der Waals surface area contributed by atoms with Crippen LogP contribution >= 0.6 is 23.2 Å². The van der Waals surface area contributed by atoms with E-state index in [1.807, 2.05) is 0 Å². The number of aromatic amines is 1. The van der Waals surface area contributed by atoms with Crippen LogP contribution in [0, 0.1) is 0 Å². The van der Waals surface area contributed by atoms with Crippen LogP contribution in [0.4, 0.5) is 0 Å². The van der Waals surface area contributed by atoms with Gasteiger partial charge in [-0.25, -0.2) is 0 Å². The molecule has 0 atom stereocenters. The third-order valence-electron chi connectivity index (χ3n) is 1.86. The molecular formula is C9H5Cl2NO2. The summed E-state index contributed by atoms with van der Waals surface area (Å²) < 4.78 is 0. The van der Waals surface area contributed by atoms with Gasteiger partial charge in [-0.05, 0) is 12.1 Å². The summed E-state index contributed by atoms with van der Waals surface area (Å²) in [6, 6.07) is 4.09. The van der Waals surface area contributed by atoms with Crippen molar-refractivity contribution in [3.8, 4) is 5.75 Å². The molecule has 2 rings (SSSR count). The number of aromatic hydroxyl groups is 1. The number of halogens is 2. The normalized spacial score (nSPS) is 10.7. The molecule has 0 aliphatic rings. The van der Waals surface area contributed by atoms with Gasteiger partial charge in [0.2, 0.25) is 0 Å². The lowest BCUT2D eigenvalue weighted by molar-refractivity contribution is 0.480. The molecule has 0 saturated heterocycles. The van der Waals surface area contributed by atoms with Crippen LogP contribution < -0.4 is 5.56 Å². The fraction of sp³-hybridized carbons (Fsp3) is 0. The first-order valence-electron chi connectivity index (χ1n) is 3.79. The van der Waals surface area contributed by atoms with E-state index in [0.717, 1.165) is 6.07 Å². The van der Waals surface area contributed by atoms with Gasteiger partial charge in [-0.3, -0.25) is 4.79 Å². The van der Waals surface area contributed by atoms with E-state index >= 15 is 0 Å². The van der Waals surface area contributed by atoms with E-state index in [1.54, 1.807) is 0 Å². The molecule has 1 aromatic carbocycles. The maximum atomic E-state index is 11.0. The molecule has 1 aromatic heterocycles. The maximum Gasteiger partial charge on any atom is 0.252 e. The van der Waals surface area contributed by atoms with Crippen LogP contribution in [-0.2, 0) is 0 Å². The summed E-state index contributed by atoms with van der Waals surface area (Å²) in [7, 11) is 0. The fourth-order valence-electron chi connectivity index (χ4n) is 1.23. The second-order valence-corrected chi connectivity index (χ2v) is 3.65. The SMILES string of the molecule is O=c1cc(O)c2cc(Cl)c(Cl)cc2[nH]1. The van der Waals surface area contributed by atoms with Gasteiger partial charge in [0.15, 0.2) is 0 Å². The maximum absolute atomic E-state index is 11.0. The van der Waals surface area contributed by atoms with Crippen LogP contribution in [0.2, 0.25) is 10.0 Å². The lowest BCUT2D eigenvalue weighted by Crippen LogP contribution is -2.02. The van der Waals surface area contributed by atoms with Gasteiger partial charge in [-0.15, -0.1) is 0 Å². The average molecular weight is 230 g/mol. The highest BCUT2D eigenvalue weighted by atomic mass is 35.5. The standard InChI is InChI=1S/C9H5Cl2NO2/c10-5-1-4-7(2-6(5)11)12-9(14)3-8(4)13/h1-3H,(H2,12,13,14). The van der Waals surface area contributed by atoms with E-state index in [9.17, 15) is 9.90 Å². The molecule has 5 heteroatoms. The van der Waals surface area contributed by atoms with Crippen LogP contribution in [0.5, 0.6) is 5.75 Å². The Morgan fingerprint density at radius 1 is 1.14 bits per heavy atom. The molecule has 72 valence electrons. The fourth-order valence-corrected chi connectivity index (χ4v) is 1.56. The van der Waals surface area contributed by atoms with Crippen molar-refractivity contribution in [3.05, 3.63) is 38.6 Å². The van der Waals surface area contributed by atoms with E-state index in [-0.39, 0.29) is 11.3 Å². The summed E-state index contributed by atoms with van der Waals surface area (Å²) in [6.07, 6.45) is 0. The first kappa shape index (κ1) is 9.37. The Morgan fingerprint density at radius 3 is 2.50 bits per heavy atom. The van der Waals surface area contributed by atoms with Crippen molar-refractivity contribution < 1.29 is 5.11 Å². The minimum atomic E-state index is -0.381. The molecule has 0 spiro atoms. The largest absolute Gasteiger partial charge is 0.507 e. The number of benzene rings is 1. The van der Waals surface area contributed by atoms with Crippen molar-refractivity contribution in [1.82, 2.24) is 4.98 Å². The summed E-state index contributed by atoms with van der Waals surface area (Å²) >= 11 is 11.5. The third kappa shape index (κ3) is 1.45. The summed E-state index contributed by atoms with van der Waals surface area (Å²) in [5.41, 5.74) is 0.0813. The van der Waals surface area contributed by atoms with Crippen molar-refractivity contribution in [3.63, 3.8) is 0 Å². The summed E-state index contributed by atoms with van der Waals surface area (Å²) in [6.45, 7) is 0. The lowest BCUT2D eigenvalue weighted by Gasteiger charge is -2.02. The number of pyridine rings is 1. The van der Waals surface area contributed by atoms with Crippen molar-refractivity contribution in [2.75, 3.05) is 0 Å². The predicted molar refractivity (Wildman–Crippen MR) is 56.3 cm³/mol. The Balaban J connectivity index is 2.96. The molecule has 0 amide bonds. The molecular weight excluding hydrogens is 225 g/mol. The average Bonchev–Trinajstić information content (AvgIpc) is 2.08. The molecule has 3 nitrogen and oxygen atoms in total. The molecule has 0 fully saturated rings. The number of fused-ring (bicyclic) bond motifs is 1. The van der Waals surface area contributed by atoms with Gasteiger partial charge >= 0.3 is 0 Å². The minimum Gasteiger partial charge on any atom is -0.507 e. The second kappa shape index (κ2) is 3.19. The molecule has 14 heavy (non-hydrogen) atoms. The molecule has 1 heterocycles. The lowest BCUT2D eigenvalue weighted by atomic mass is 10.2. The monoisotopic (exact) mass is 229 g/mol. The van der Waals surface area contributed by atoms with Crippen LogP contribution in [0.25, 0.3) is 10.9 Å². The number of nitrogens with one attached hydrogen (secondary N) is 1. The van der Waals surface area contributed by atoms with Crippen LogP contribution in [0.1, 0.15) is 0 Å². The van der Waals surface area contributed by atoms with E-state index in [1.165, 1.54) is 12.1 Å². The molecule has 0 bridgehead atoms. The number of rotatable bonds is 0. The highest BCUT2D eigenvalue weighted by Gasteiger charge is 2.05. The highest BCUT2D eigenvalue weighted by molar-refractivity contribution is 6.42. The van der Waals surface area contributed by atoms with Gasteiger partial charge in [-0.2, -0.15) is 0 Å². The van der Waals surface area contributed by atoms with E-state index in [4.69, 9.17) is 23.2 Å². The Labute approximate surface area is 88.9 Å². The minimum absolute atomic E-state index is 0.109. The number of H-pyrrole nitrogens is 1. The van der Waals surface area contributed by atoms with Gasteiger partial charge in [-0.1, -0.05) is 23.2 Å². The van der Waals surface area contributed by atoms with Gasteiger partial charge in [0.1, 0.15) is 5.75 Å². The van der Waals surface area contributed by atoms with Crippen LogP contribution in [-0.4, -0.2) is 10.1 Å². The third-order valence-corrected chi connectivity index (χ3v) is 2.58. The summed E-state index contributed by atoms with van der Waals surface area (Å²) in [5, 5.41) is 10.6. The summed E-state index contributed by atoms with van der Waals surface area (Å²) in [4.78, 5) is 13.5. The zero-order chi connectivity index (χ0) is 10.3. The van der Waals surface area contributed by atoms with Crippen LogP contribution in [0.15, 0.2) is 23.0 Å². The molecule has 0 unspecified atom stereocenters. The molecule has 2 aromatic rings. The zero-order valence-corrected chi connectivity index (χ0v) is 8.36. The molecule has 0 aliphatic carbocycles. The van der Waals surface area contributed by atoms with Crippen molar-refractivity contribution in [1.29, 1.82) is 0 Å². The van der Waals surface area contributed by atoms with Gasteiger partial charge in [0.05, 0.1) is 15.6 Å². The Kier molecular flexibility index (Phi) is 2.13. The molecule has 0 aliphatic heterocycles. The second-order valence-electron chi connectivity index (χ2n) is 2.83. The van der Waals surface area contributed by atoms with Gasteiger partial charge < -0.3 is 10.1 Å². The van der Waals surface area contributed by atoms with Gasteiger partial charge in [0, 0.05) is 11.5 Å². The molecule has 0 radical (unpaired) electrons. The number of hydrogen-bond donors (Lipinski definition) is 2. The number of aromatic nitrogens is 1. The highest BCUT2D eigenvalue weighted by Crippen LogP contribution is 2.30. The van der Waals surface area contributed by atoms with E-state index < -0.39 is 0 Å². The van der Waals surface area contributed by atoms with Gasteiger partial charge in [0.25, 0.3) is 5.56 Å². The quantitative estimate of drug-likeness (QED) is 0.730. The van der Waals surface area contributed by atoms with E-state index in [2.05, 4.69) is 4.98 Å².